The summed E-state index contributed by atoms with van der Waals surface area (Å²) in [5.74, 6) is -1.55. The Morgan fingerprint density at radius 3 is 2.27 bits per heavy atom. The minimum Gasteiger partial charge on any atom is -0.308 e. The summed E-state index contributed by atoms with van der Waals surface area (Å²) in [4.78, 5) is 12.6. The van der Waals surface area contributed by atoms with Crippen molar-refractivity contribution in [2.45, 2.75) is 24.4 Å². The van der Waals surface area contributed by atoms with E-state index in [1.54, 1.807) is 43.3 Å². The maximum absolute atomic E-state index is 13.5. The average molecular weight is 480 g/mol. The molecule has 0 unspecified atom stereocenters. The van der Waals surface area contributed by atoms with Crippen molar-refractivity contribution in [3.63, 3.8) is 0 Å². The van der Waals surface area contributed by atoms with Gasteiger partial charge in [0, 0.05) is 11.3 Å². The second-order valence-electron chi connectivity index (χ2n) is 7.16. The third-order valence-corrected chi connectivity index (χ3v) is 6.60. The quantitative estimate of drug-likeness (QED) is 0.404. The summed E-state index contributed by atoms with van der Waals surface area (Å²) in [7, 11) is -3.59. The van der Waals surface area contributed by atoms with Crippen molar-refractivity contribution in [1.82, 2.24) is 0 Å². The van der Waals surface area contributed by atoms with Crippen molar-refractivity contribution in [3.8, 4) is 11.1 Å². The first-order valence-electron chi connectivity index (χ1n) is 9.88. The van der Waals surface area contributed by atoms with Crippen LogP contribution in [0.2, 0.25) is 0 Å². The van der Waals surface area contributed by atoms with E-state index in [-0.39, 0.29) is 22.0 Å². The van der Waals surface area contributed by atoms with Gasteiger partial charge in [0.05, 0.1) is 21.9 Å². The monoisotopic (exact) mass is 480 g/mol. The molecular weight excluding hydrogens is 460 g/mol. The Morgan fingerprint density at radius 1 is 0.939 bits per heavy atom. The zero-order valence-corrected chi connectivity index (χ0v) is 18.2. The molecule has 0 aromatic heterocycles. The Kier molecular flexibility index (Phi) is 7.06. The molecule has 3 rings (SSSR count). The van der Waals surface area contributed by atoms with E-state index in [0.717, 1.165) is 6.07 Å². The lowest BCUT2D eigenvalue weighted by Gasteiger charge is -2.15. The number of carbonyl (C=O) groups excluding carboxylic acids is 1. The molecule has 5 nitrogen and oxygen atoms in total. The maximum atomic E-state index is 13.5. The third kappa shape index (κ3) is 5.89. The number of rotatable bonds is 6. The van der Waals surface area contributed by atoms with Gasteiger partial charge in [-0.05, 0) is 42.3 Å². The molecule has 0 saturated heterocycles. The summed E-state index contributed by atoms with van der Waals surface area (Å²) in [6.07, 6.45) is -4.53. The van der Waals surface area contributed by atoms with Crippen LogP contribution in [-0.2, 0) is 16.0 Å². The van der Waals surface area contributed by atoms with Crippen molar-refractivity contribution >= 4 is 27.2 Å². The van der Waals surface area contributed by atoms with E-state index >= 15 is 0 Å². The van der Waals surface area contributed by atoms with Gasteiger partial charge in [0.15, 0.2) is 9.84 Å². The maximum Gasteiger partial charge on any atom is 0.419 e. The second-order valence-corrected chi connectivity index (χ2v) is 9.27. The van der Waals surface area contributed by atoms with Crippen LogP contribution in [0.1, 0.15) is 18.9 Å². The van der Waals surface area contributed by atoms with Crippen LogP contribution in [0.5, 0.6) is 0 Å². The highest BCUT2D eigenvalue weighted by atomic mass is 32.2. The number of benzene rings is 3. The van der Waals surface area contributed by atoms with Gasteiger partial charge in [-0.3, -0.25) is 0 Å². The van der Waals surface area contributed by atoms with Gasteiger partial charge in [-0.25, -0.2) is 17.6 Å². The minimum atomic E-state index is -4.93. The average Bonchev–Trinajstić information content (AvgIpc) is 2.75. The molecule has 3 aromatic rings. The topological polar surface area (TPSA) is 75.3 Å². The summed E-state index contributed by atoms with van der Waals surface area (Å²) in [5.41, 5.74) is -0.450. The number of halogens is 4. The van der Waals surface area contributed by atoms with Gasteiger partial charge in [-0.1, -0.05) is 43.3 Å². The number of amides is 2. The number of sulfone groups is 1. The van der Waals surface area contributed by atoms with Crippen LogP contribution in [0.25, 0.3) is 11.1 Å². The fourth-order valence-corrected chi connectivity index (χ4v) is 4.53. The molecular formula is C23H20F4N2O3S. The van der Waals surface area contributed by atoms with Gasteiger partial charge in [0.1, 0.15) is 5.82 Å². The minimum absolute atomic E-state index is 0.000436. The molecule has 0 fully saturated rings. The fraction of sp³-hybridized carbons (Fsp3) is 0.174. The Bertz CT molecular complexity index is 1260. The van der Waals surface area contributed by atoms with E-state index in [1.807, 2.05) is 0 Å². The number of nitrogens with one attached hydrogen (secondary N) is 2. The third-order valence-electron chi connectivity index (χ3n) is 4.69. The van der Waals surface area contributed by atoms with Crippen LogP contribution >= 0.6 is 0 Å². The zero-order chi connectivity index (χ0) is 24.2. The molecule has 0 aliphatic heterocycles. The van der Waals surface area contributed by atoms with Gasteiger partial charge in [-0.15, -0.1) is 0 Å². The Balaban J connectivity index is 1.95. The van der Waals surface area contributed by atoms with E-state index in [0.29, 0.717) is 29.7 Å². The molecule has 0 bridgehead atoms. The fourth-order valence-electron chi connectivity index (χ4n) is 3.18. The zero-order valence-electron chi connectivity index (χ0n) is 17.4. The highest BCUT2D eigenvalue weighted by molar-refractivity contribution is 7.91. The van der Waals surface area contributed by atoms with Gasteiger partial charge < -0.3 is 10.6 Å². The summed E-state index contributed by atoms with van der Waals surface area (Å²) in [6.45, 7) is 1.72. The lowest BCUT2D eigenvalue weighted by atomic mass is 10.0. The molecule has 10 heteroatoms. The lowest BCUT2D eigenvalue weighted by Crippen LogP contribution is -2.21. The number of anilines is 2. The number of hydrogen-bond acceptors (Lipinski definition) is 3. The molecule has 0 atom stereocenters. The van der Waals surface area contributed by atoms with Crippen molar-refractivity contribution in [3.05, 3.63) is 78.1 Å². The largest absolute Gasteiger partial charge is 0.419 e. The Hall–Kier alpha value is -3.40. The summed E-state index contributed by atoms with van der Waals surface area (Å²) < 4.78 is 77.4. The SMILES string of the molecule is CCCS(=O)(=O)c1ccc(-c2ccccc2)c(NC(=O)Nc2ccc(F)c(C(F)(F)F)c2)c1. The Morgan fingerprint density at radius 2 is 1.64 bits per heavy atom. The van der Waals surface area contributed by atoms with E-state index in [9.17, 15) is 30.8 Å². The lowest BCUT2D eigenvalue weighted by molar-refractivity contribution is -0.139. The Labute approximate surface area is 188 Å². The second kappa shape index (κ2) is 9.62. The van der Waals surface area contributed by atoms with E-state index in [2.05, 4.69) is 10.6 Å². The first kappa shape index (κ1) is 24.2. The van der Waals surface area contributed by atoms with Crippen LogP contribution in [0.4, 0.5) is 33.7 Å². The van der Waals surface area contributed by atoms with Crippen LogP contribution in [-0.4, -0.2) is 20.2 Å². The van der Waals surface area contributed by atoms with Crippen molar-refractivity contribution < 1.29 is 30.8 Å². The van der Waals surface area contributed by atoms with Crippen molar-refractivity contribution in [1.29, 1.82) is 0 Å². The summed E-state index contributed by atoms with van der Waals surface area (Å²) in [5, 5.41) is 4.72. The van der Waals surface area contributed by atoms with Gasteiger partial charge in [0.25, 0.3) is 0 Å². The van der Waals surface area contributed by atoms with Crippen molar-refractivity contribution in [2.75, 3.05) is 16.4 Å². The highest BCUT2D eigenvalue weighted by Gasteiger charge is 2.34. The molecule has 33 heavy (non-hydrogen) atoms. The van der Waals surface area contributed by atoms with Crippen LogP contribution < -0.4 is 10.6 Å². The van der Waals surface area contributed by atoms with E-state index in [1.165, 1.54) is 12.1 Å². The first-order valence-corrected chi connectivity index (χ1v) is 11.5. The van der Waals surface area contributed by atoms with Crippen molar-refractivity contribution in [2.24, 2.45) is 0 Å². The number of hydrogen-bond donors (Lipinski definition) is 2. The first-order chi connectivity index (χ1) is 15.5. The number of urea groups is 1. The molecule has 174 valence electrons. The highest BCUT2D eigenvalue weighted by Crippen LogP contribution is 2.34. The number of alkyl halides is 3. The van der Waals surface area contributed by atoms with Gasteiger partial charge >= 0.3 is 12.2 Å². The molecule has 0 radical (unpaired) electrons. The normalized spacial score (nSPS) is 11.8. The predicted molar refractivity (Wildman–Crippen MR) is 118 cm³/mol. The standard InChI is InChI=1S/C23H20F4N2O3S/c1-2-12-33(31,32)17-9-10-18(15-6-4-3-5-7-15)21(14-17)29-22(30)28-16-8-11-20(24)19(13-16)23(25,26)27/h3-11,13-14H,2,12H2,1H3,(H2,28,29,30). The van der Waals surface area contributed by atoms with Crippen LogP contribution in [0.15, 0.2) is 71.6 Å². The molecule has 0 spiro atoms. The van der Waals surface area contributed by atoms with E-state index < -0.39 is 33.4 Å². The van der Waals surface area contributed by atoms with E-state index in [4.69, 9.17) is 0 Å². The van der Waals surface area contributed by atoms with Gasteiger partial charge in [-0.2, -0.15) is 13.2 Å². The molecule has 2 N–H and O–H groups in total. The van der Waals surface area contributed by atoms with Crippen LogP contribution in [0.3, 0.4) is 0 Å². The van der Waals surface area contributed by atoms with Crippen LogP contribution in [0, 0.1) is 5.82 Å². The molecule has 0 saturated carbocycles. The molecule has 0 aliphatic carbocycles. The smallest absolute Gasteiger partial charge is 0.308 e. The summed E-state index contributed by atoms with van der Waals surface area (Å²) >= 11 is 0. The molecule has 3 aromatic carbocycles. The molecule has 0 heterocycles. The van der Waals surface area contributed by atoms with Gasteiger partial charge in [0.2, 0.25) is 0 Å². The summed E-state index contributed by atoms with van der Waals surface area (Å²) in [6, 6.07) is 14.3. The molecule has 0 aliphatic rings. The number of carbonyl (C=O) groups is 1. The molecule has 2 amide bonds. The predicted octanol–water partition coefficient (Wildman–Crippen LogP) is 6.34.